The fourth-order valence-corrected chi connectivity index (χ4v) is 1.68. The first-order valence-corrected chi connectivity index (χ1v) is 6.29. The summed E-state index contributed by atoms with van der Waals surface area (Å²) in [4.78, 5) is 11.6. The molecule has 1 amide bonds. The molecule has 0 radical (unpaired) electrons. The summed E-state index contributed by atoms with van der Waals surface area (Å²) in [7, 11) is 0. The summed E-state index contributed by atoms with van der Waals surface area (Å²) in [6.45, 7) is 6.49. The van der Waals surface area contributed by atoms with Gasteiger partial charge in [-0.1, -0.05) is 34.1 Å². The van der Waals surface area contributed by atoms with Gasteiger partial charge in [0.15, 0.2) is 0 Å². The molecule has 17 heavy (non-hydrogen) atoms. The van der Waals surface area contributed by atoms with Crippen molar-refractivity contribution in [2.45, 2.75) is 13.0 Å². The molecule has 3 nitrogen and oxygen atoms in total. The molecule has 0 aliphatic rings. The van der Waals surface area contributed by atoms with Gasteiger partial charge in [-0.05, 0) is 24.6 Å². The van der Waals surface area contributed by atoms with E-state index in [4.69, 9.17) is 0 Å². The number of rotatable bonds is 6. The van der Waals surface area contributed by atoms with Gasteiger partial charge < -0.3 is 10.6 Å². The zero-order valence-corrected chi connectivity index (χ0v) is 11.5. The predicted octanol–water partition coefficient (Wildman–Crippen LogP) is 2.40. The Morgan fingerprint density at radius 2 is 2.12 bits per heavy atom. The molecular formula is C13H17BrN2O. The van der Waals surface area contributed by atoms with Crippen LogP contribution in [0.2, 0.25) is 0 Å². The smallest absolute Gasteiger partial charge is 0.234 e. The van der Waals surface area contributed by atoms with Crippen LogP contribution in [0, 0.1) is 0 Å². The van der Waals surface area contributed by atoms with Gasteiger partial charge in [0.05, 0.1) is 12.6 Å². The first-order valence-electron chi connectivity index (χ1n) is 5.50. The van der Waals surface area contributed by atoms with Crippen LogP contribution in [0.3, 0.4) is 0 Å². The highest BCUT2D eigenvalue weighted by atomic mass is 79.9. The van der Waals surface area contributed by atoms with Gasteiger partial charge in [-0.3, -0.25) is 4.79 Å². The second-order valence-corrected chi connectivity index (χ2v) is 4.68. The number of nitrogens with one attached hydrogen (secondary N) is 2. The van der Waals surface area contributed by atoms with E-state index in [9.17, 15) is 4.79 Å². The molecule has 0 fully saturated rings. The first-order chi connectivity index (χ1) is 8.13. The standard InChI is InChI=1S/C13H17BrN2O/c1-3-8-15-9-13(17)16-10(2)11-4-6-12(14)7-5-11/h3-7,10,15H,1,8-9H2,2H3,(H,16,17)/t10-/m1/s1. The van der Waals surface area contributed by atoms with Crippen molar-refractivity contribution in [3.05, 3.63) is 47.0 Å². The highest BCUT2D eigenvalue weighted by molar-refractivity contribution is 9.10. The van der Waals surface area contributed by atoms with Gasteiger partial charge in [-0.25, -0.2) is 0 Å². The van der Waals surface area contributed by atoms with Gasteiger partial charge in [-0.2, -0.15) is 0 Å². The van der Waals surface area contributed by atoms with E-state index in [1.54, 1.807) is 6.08 Å². The molecular weight excluding hydrogens is 280 g/mol. The second kappa shape index (κ2) is 7.25. The van der Waals surface area contributed by atoms with E-state index in [1.807, 2.05) is 31.2 Å². The van der Waals surface area contributed by atoms with Crippen LogP contribution in [-0.2, 0) is 4.79 Å². The maximum atomic E-state index is 11.6. The second-order valence-electron chi connectivity index (χ2n) is 3.76. The maximum Gasteiger partial charge on any atom is 0.234 e. The largest absolute Gasteiger partial charge is 0.348 e. The van der Waals surface area contributed by atoms with E-state index >= 15 is 0 Å². The maximum absolute atomic E-state index is 11.6. The molecule has 0 bridgehead atoms. The van der Waals surface area contributed by atoms with Crippen molar-refractivity contribution < 1.29 is 4.79 Å². The van der Waals surface area contributed by atoms with E-state index in [2.05, 4.69) is 33.1 Å². The molecule has 4 heteroatoms. The van der Waals surface area contributed by atoms with Gasteiger partial charge in [0.1, 0.15) is 0 Å². The lowest BCUT2D eigenvalue weighted by Crippen LogP contribution is -2.35. The van der Waals surface area contributed by atoms with Crippen LogP contribution in [0.25, 0.3) is 0 Å². The van der Waals surface area contributed by atoms with Crippen molar-refractivity contribution in [2.75, 3.05) is 13.1 Å². The summed E-state index contributed by atoms with van der Waals surface area (Å²) in [5.41, 5.74) is 1.09. The van der Waals surface area contributed by atoms with E-state index in [-0.39, 0.29) is 11.9 Å². The lowest BCUT2D eigenvalue weighted by molar-refractivity contribution is -0.120. The number of carbonyl (C=O) groups is 1. The number of halogens is 1. The molecule has 0 unspecified atom stereocenters. The SMILES string of the molecule is C=CCNCC(=O)N[C@H](C)c1ccc(Br)cc1. The molecule has 1 atom stereocenters. The average molecular weight is 297 g/mol. The normalized spacial score (nSPS) is 11.9. The predicted molar refractivity (Wildman–Crippen MR) is 73.8 cm³/mol. The molecule has 0 heterocycles. The van der Waals surface area contributed by atoms with Crippen LogP contribution in [0.15, 0.2) is 41.4 Å². The molecule has 92 valence electrons. The molecule has 0 saturated carbocycles. The van der Waals surface area contributed by atoms with Crippen molar-refractivity contribution in [1.29, 1.82) is 0 Å². The highest BCUT2D eigenvalue weighted by Gasteiger charge is 2.08. The number of amides is 1. The molecule has 1 aromatic carbocycles. The van der Waals surface area contributed by atoms with Crippen LogP contribution in [-0.4, -0.2) is 19.0 Å². The quantitative estimate of drug-likeness (QED) is 0.625. The fraction of sp³-hybridized carbons (Fsp3) is 0.308. The van der Waals surface area contributed by atoms with E-state index in [0.29, 0.717) is 13.1 Å². The summed E-state index contributed by atoms with van der Waals surface area (Å²) in [6, 6.07) is 7.93. The third-order valence-corrected chi connectivity index (χ3v) is 2.85. The zero-order valence-electron chi connectivity index (χ0n) is 9.87. The summed E-state index contributed by atoms with van der Waals surface area (Å²) in [5.74, 6) is -0.0118. The topological polar surface area (TPSA) is 41.1 Å². The number of carbonyl (C=O) groups excluding carboxylic acids is 1. The van der Waals surface area contributed by atoms with Crippen molar-refractivity contribution in [3.63, 3.8) is 0 Å². The summed E-state index contributed by atoms with van der Waals surface area (Å²) >= 11 is 3.38. The summed E-state index contributed by atoms with van der Waals surface area (Å²) < 4.78 is 1.03. The Labute approximate surface area is 110 Å². The van der Waals surface area contributed by atoms with Crippen LogP contribution < -0.4 is 10.6 Å². The minimum Gasteiger partial charge on any atom is -0.348 e. The van der Waals surface area contributed by atoms with Crippen LogP contribution in [0.5, 0.6) is 0 Å². The van der Waals surface area contributed by atoms with Crippen molar-refractivity contribution in [3.8, 4) is 0 Å². The van der Waals surface area contributed by atoms with E-state index in [1.165, 1.54) is 0 Å². The van der Waals surface area contributed by atoms with Crippen molar-refractivity contribution in [2.24, 2.45) is 0 Å². The van der Waals surface area contributed by atoms with Gasteiger partial charge in [0.25, 0.3) is 0 Å². The van der Waals surface area contributed by atoms with Crippen LogP contribution in [0.4, 0.5) is 0 Å². The molecule has 1 aromatic rings. The third-order valence-electron chi connectivity index (χ3n) is 2.32. The molecule has 0 aliphatic carbocycles. The van der Waals surface area contributed by atoms with Gasteiger partial charge in [-0.15, -0.1) is 6.58 Å². The first kappa shape index (κ1) is 13.9. The third kappa shape index (κ3) is 5.15. The minimum atomic E-state index is -0.0118. The zero-order chi connectivity index (χ0) is 12.7. The molecule has 2 N–H and O–H groups in total. The fourth-order valence-electron chi connectivity index (χ4n) is 1.42. The Balaban J connectivity index is 2.42. The van der Waals surface area contributed by atoms with Gasteiger partial charge >= 0.3 is 0 Å². The van der Waals surface area contributed by atoms with Crippen molar-refractivity contribution >= 4 is 21.8 Å². The van der Waals surface area contributed by atoms with Gasteiger partial charge in [0.2, 0.25) is 5.91 Å². The molecule has 1 rings (SSSR count). The number of benzene rings is 1. The Morgan fingerprint density at radius 3 is 2.71 bits per heavy atom. The van der Waals surface area contributed by atoms with Gasteiger partial charge in [0, 0.05) is 11.0 Å². The highest BCUT2D eigenvalue weighted by Crippen LogP contribution is 2.16. The Hall–Kier alpha value is -1.13. The molecule has 0 spiro atoms. The number of hydrogen-bond donors (Lipinski definition) is 2. The number of hydrogen-bond acceptors (Lipinski definition) is 2. The average Bonchev–Trinajstić information content (AvgIpc) is 2.30. The molecule has 0 aromatic heterocycles. The summed E-state index contributed by atoms with van der Waals surface area (Å²) in [6.07, 6.45) is 1.73. The Morgan fingerprint density at radius 1 is 1.47 bits per heavy atom. The van der Waals surface area contributed by atoms with E-state index in [0.717, 1.165) is 10.0 Å². The van der Waals surface area contributed by atoms with Crippen molar-refractivity contribution in [1.82, 2.24) is 10.6 Å². The monoisotopic (exact) mass is 296 g/mol. The van der Waals surface area contributed by atoms with Crippen LogP contribution in [0.1, 0.15) is 18.5 Å². The van der Waals surface area contributed by atoms with E-state index < -0.39 is 0 Å². The van der Waals surface area contributed by atoms with Crippen LogP contribution >= 0.6 is 15.9 Å². The summed E-state index contributed by atoms with van der Waals surface area (Å²) in [5, 5.41) is 5.89. The lowest BCUT2D eigenvalue weighted by Gasteiger charge is -2.14. The lowest BCUT2D eigenvalue weighted by atomic mass is 10.1. The Bertz CT molecular complexity index is 376. The molecule has 0 saturated heterocycles. The molecule has 0 aliphatic heterocycles. The minimum absolute atomic E-state index is 0.0118. The Kier molecular flexibility index (Phi) is 5.94.